The van der Waals surface area contributed by atoms with Crippen molar-refractivity contribution in [1.82, 2.24) is 9.97 Å². The van der Waals surface area contributed by atoms with E-state index >= 15 is 0 Å². The molecule has 0 spiro atoms. The lowest BCUT2D eigenvalue weighted by Crippen LogP contribution is -2.36. The number of aromatic nitrogens is 2. The molecule has 6 nitrogen and oxygen atoms in total. The summed E-state index contributed by atoms with van der Waals surface area (Å²) in [5.74, 6) is 1.56. The lowest BCUT2D eigenvalue weighted by atomic mass is 10.2. The topological polar surface area (TPSA) is 59.5 Å². The van der Waals surface area contributed by atoms with Crippen molar-refractivity contribution in [2.24, 2.45) is 0 Å². The van der Waals surface area contributed by atoms with Crippen LogP contribution in [-0.4, -0.2) is 42.9 Å². The van der Waals surface area contributed by atoms with Gasteiger partial charge < -0.3 is 19.7 Å². The van der Waals surface area contributed by atoms with Crippen LogP contribution in [0, 0.1) is 0 Å². The van der Waals surface area contributed by atoms with Gasteiger partial charge in [-0.3, -0.25) is 0 Å². The summed E-state index contributed by atoms with van der Waals surface area (Å²) < 4.78 is 11.2. The van der Waals surface area contributed by atoms with Gasteiger partial charge in [0.25, 0.3) is 0 Å². The highest BCUT2D eigenvalue weighted by Crippen LogP contribution is 2.24. The fourth-order valence-corrected chi connectivity index (χ4v) is 2.99. The first kappa shape index (κ1) is 23.5. The van der Waals surface area contributed by atoms with E-state index in [-0.39, 0.29) is 0 Å². The van der Waals surface area contributed by atoms with Gasteiger partial charge in [0.15, 0.2) is 0 Å². The standard InChI is InChI=1S/C19H24Cl2N4O2.C2H6/c1-2-3-8-27-19-23-17(12-18(24-19)25-6-9-26-10-7-25)22-13-14-4-5-15(20)16(21)11-14;1-2/h4-5,11-12H,2-3,6-10,13H2,1H3,(H,22,23,24);1-2H3. The molecule has 0 aliphatic carbocycles. The molecular formula is C21H30Cl2N4O2. The summed E-state index contributed by atoms with van der Waals surface area (Å²) in [7, 11) is 0. The van der Waals surface area contributed by atoms with Gasteiger partial charge in [-0.25, -0.2) is 0 Å². The predicted molar refractivity (Wildman–Crippen MR) is 121 cm³/mol. The number of ether oxygens (including phenoxy) is 2. The van der Waals surface area contributed by atoms with Crippen molar-refractivity contribution in [2.45, 2.75) is 40.2 Å². The average Bonchev–Trinajstić information content (AvgIpc) is 2.77. The van der Waals surface area contributed by atoms with Crippen LogP contribution in [-0.2, 0) is 11.3 Å². The third kappa shape index (κ3) is 7.53. The second-order valence-corrected chi connectivity index (χ2v) is 7.11. The summed E-state index contributed by atoms with van der Waals surface area (Å²) in [5, 5.41) is 4.41. The number of rotatable bonds is 8. The van der Waals surface area contributed by atoms with Crippen molar-refractivity contribution < 1.29 is 9.47 Å². The molecule has 2 heterocycles. The highest BCUT2D eigenvalue weighted by Gasteiger charge is 2.15. The minimum Gasteiger partial charge on any atom is -0.463 e. The van der Waals surface area contributed by atoms with E-state index in [9.17, 15) is 0 Å². The Morgan fingerprint density at radius 1 is 1.10 bits per heavy atom. The number of nitrogens with zero attached hydrogens (tertiary/aromatic N) is 3. The molecule has 0 atom stereocenters. The number of benzene rings is 1. The molecule has 1 aliphatic heterocycles. The SMILES string of the molecule is CC.CCCCOc1nc(NCc2ccc(Cl)c(Cl)c2)cc(N2CCOCC2)n1. The molecule has 2 aromatic rings. The Bertz CT molecular complexity index is 755. The molecule has 1 saturated heterocycles. The Labute approximate surface area is 183 Å². The number of halogens is 2. The van der Waals surface area contributed by atoms with Crippen molar-refractivity contribution in [3.05, 3.63) is 39.9 Å². The average molecular weight is 441 g/mol. The monoisotopic (exact) mass is 440 g/mol. The first-order valence-corrected chi connectivity index (χ1v) is 10.9. The number of nitrogens with one attached hydrogen (secondary N) is 1. The zero-order valence-electron chi connectivity index (χ0n) is 17.4. The summed E-state index contributed by atoms with van der Waals surface area (Å²) in [4.78, 5) is 11.2. The highest BCUT2D eigenvalue weighted by molar-refractivity contribution is 6.42. The van der Waals surface area contributed by atoms with Crippen molar-refractivity contribution in [3.63, 3.8) is 0 Å². The second-order valence-electron chi connectivity index (χ2n) is 6.30. The largest absolute Gasteiger partial charge is 0.463 e. The number of unbranched alkanes of at least 4 members (excludes halogenated alkanes) is 1. The molecule has 29 heavy (non-hydrogen) atoms. The Balaban J connectivity index is 0.00000145. The number of hydrogen-bond acceptors (Lipinski definition) is 6. The van der Waals surface area contributed by atoms with E-state index in [1.54, 1.807) is 6.07 Å². The van der Waals surface area contributed by atoms with Crippen LogP contribution in [0.25, 0.3) is 0 Å². The maximum Gasteiger partial charge on any atom is 0.320 e. The Morgan fingerprint density at radius 3 is 2.55 bits per heavy atom. The highest BCUT2D eigenvalue weighted by atomic mass is 35.5. The van der Waals surface area contributed by atoms with Crippen LogP contribution in [0.2, 0.25) is 10.0 Å². The molecule has 3 rings (SSSR count). The van der Waals surface area contributed by atoms with E-state index in [0.29, 0.717) is 48.2 Å². The molecule has 1 aromatic carbocycles. The molecule has 0 bridgehead atoms. The fourth-order valence-electron chi connectivity index (χ4n) is 2.67. The summed E-state index contributed by atoms with van der Waals surface area (Å²) in [5.41, 5.74) is 1.02. The van der Waals surface area contributed by atoms with Gasteiger partial charge in [-0.15, -0.1) is 0 Å². The maximum absolute atomic E-state index is 6.09. The summed E-state index contributed by atoms with van der Waals surface area (Å²) in [6, 6.07) is 7.90. The molecule has 0 radical (unpaired) electrons. The van der Waals surface area contributed by atoms with Crippen molar-refractivity contribution in [1.29, 1.82) is 0 Å². The summed E-state index contributed by atoms with van der Waals surface area (Å²) in [6.07, 6.45) is 2.03. The Hall–Kier alpha value is -1.76. The van der Waals surface area contributed by atoms with Crippen LogP contribution in [0.5, 0.6) is 6.01 Å². The predicted octanol–water partition coefficient (Wildman–Crippen LogP) is 5.44. The molecule has 1 N–H and O–H groups in total. The molecule has 0 saturated carbocycles. The lowest BCUT2D eigenvalue weighted by molar-refractivity contribution is 0.122. The minimum atomic E-state index is 0.393. The minimum absolute atomic E-state index is 0.393. The third-order valence-electron chi connectivity index (χ3n) is 4.21. The van der Waals surface area contributed by atoms with E-state index in [2.05, 4.69) is 27.1 Å². The first-order valence-electron chi connectivity index (χ1n) is 10.2. The van der Waals surface area contributed by atoms with Crippen LogP contribution in [0.4, 0.5) is 11.6 Å². The van der Waals surface area contributed by atoms with E-state index in [1.165, 1.54) is 0 Å². The summed E-state index contributed by atoms with van der Waals surface area (Å²) >= 11 is 12.1. The number of anilines is 2. The van der Waals surface area contributed by atoms with Gasteiger partial charge in [0.1, 0.15) is 11.6 Å². The van der Waals surface area contributed by atoms with Crippen LogP contribution in [0.1, 0.15) is 39.2 Å². The van der Waals surface area contributed by atoms with Crippen LogP contribution in [0.3, 0.4) is 0 Å². The zero-order chi connectivity index (χ0) is 21.1. The second kappa shape index (κ2) is 12.7. The molecule has 1 aliphatic rings. The van der Waals surface area contributed by atoms with Gasteiger partial charge in [-0.1, -0.05) is 56.5 Å². The van der Waals surface area contributed by atoms with Crippen LogP contribution in [0.15, 0.2) is 24.3 Å². The van der Waals surface area contributed by atoms with Crippen LogP contribution >= 0.6 is 23.2 Å². The molecule has 0 unspecified atom stereocenters. The Kier molecular flexibility index (Phi) is 10.3. The van der Waals surface area contributed by atoms with Crippen molar-refractivity contribution in [3.8, 4) is 6.01 Å². The van der Waals surface area contributed by atoms with Gasteiger partial charge >= 0.3 is 6.01 Å². The van der Waals surface area contributed by atoms with E-state index in [0.717, 1.165) is 37.3 Å². The quantitative estimate of drug-likeness (QED) is 0.551. The maximum atomic E-state index is 6.09. The normalized spacial score (nSPS) is 13.5. The zero-order valence-corrected chi connectivity index (χ0v) is 18.9. The lowest BCUT2D eigenvalue weighted by Gasteiger charge is -2.28. The smallest absolute Gasteiger partial charge is 0.320 e. The molecule has 1 aromatic heterocycles. The van der Waals surface area contributed by atoms with E-state index < -0.39 is 0 Å². The van der Waals surface area contributed by atoms with Gasteiger partial charge in [0.2, 0.25) is 0 Å². The van der Waals surface area contributed by atoms with Gasteiger partial charge in [-0.2, -0.15) is 9.97 Å². The molecule has 0 amide bonds. The molecule has 8 heteroatoms. The van der Waals surface area contributed by atoms with Gasteiger partial charge in [-0.05, 0) is 24.1 Å². The fraction of sp³-hybridized carbons (Fsp3) is 0.524. The molecule has 1 fully saturated rings. The Morgan fingerprint density at radius 2 is 1.86 bits per heavy atom. The molecular weight excluding hydrogens is 411 g/mol. The van der Waals surface area contributed by atoms with Gasteiger partial charge in [0, 0.05) is 25.7 Å². The van der Waals surface area contributed by atoms with Crippen LogP contribution < -0.4 is 15.0 Å². The van der Waals surface area contributed by atoms with Crippen molar-refractivity contribution in [2.75, 3.05) is 43.1 Å². The van der Waals surface area contributed by atoms with E-state index in [1.807, 2.05) is 32.0 Å². The number of morpholine rings is 1. The van der Waals surface area contributed by atoms with Gasteiger partial charge in [0.05, 0.1) is 29.9 Å². The van der Waals surface area contributed by atoms with E-state index in [4.69, 9.17) is 32.7 Å². The molecule has 160 valence electrons. The third-order valence-corrected chi connectivity index (χ3v) is 4.95. The van der Waals surface area contributed by atoms with Crippen molar-refractivity contribution >= 4 is 34.8 Å². The number of hydrogen-bond donors (Lipinski definition) is 1. The first-order chi connectivity index (χ1) is 14.2. The summed E-state index contributed by atoms with van der Waals surface area (Å²) in [6.45, 7) is 10.3.